The number of piperidine rings is 1. The van der Waals surface area contributed by atoms with Gasteiger partial charge in [-0.2, -0.15) is 5.06 Å². The molecule has 3 saturated heterocycles. The van der Waals surface area contributed by atoms with Crippen molar-refractivity contribution >= 4 is 6.03 Å². The molecule has 0 N–H and O–H groups in total. The van der Waals surface area contributed by atoms with Crippen molar-refractivity contribution in [2.45, 2.75) is 32.9 Å². The number of nitrogens with zero attached hydrogens (tertiary/aromatic N) is 2. The third-order valence-corrected chi connectivity index (χ3v) is 4.71. The van der Waals surface area contributed by atoms with Crippen LogP contribution in [0, 0.1) is 5.41 Å². The third kappa shape index (κ3) is 2.48. The van der Waals surface area contributed by atoms with Gasteiger partial charge in [0.25, 0.3) is 0 Å². The first-order valence-corrected chi connectivity index (χ1v) is 8.11. The van der Waals surface area contributed by atoms with E-state index in [9.17, 15) is 4.79 Å². The molecule has 3 heterocycles. The van der Waals surface area contributed by atoms with Crippen LogP contribution in [0.4, 0.5) is 4.79 Å². The molecule has 1 atom stereocenters. The number of carbonyl (C=O) groups excluding carboxylic acids is 1. The van der Waals surface area contributed by atoms with Gasteiger partial charge in [0.2, 0.25) is 0 Å². The number of benzene rings is 1. The molecular weight excluding hydrogens is 280 g/mol. The van der Waals surface area contributed by atoms with Gasteiger partial charge in [0.1, 0.15) is 6.61 Å². The molecule has 1 spiro atoms. The molecule has 2 amide bonds. The van der Waals surface area contributed by atoms with E-state index in [4.69, 9.17) is 9.57 Å². The summed E-state index contributed by atoms with van der Waals surface area (Å²) in [6.07, 6.45) is 1.02. The number of rotatable bonds is 3. The number of urea groups is 1. The molecule has 0 unspecified atom stereocenters. The van der Waals surface area contributed by atoms with Crippen LogP contribution in [0.15, 0.2) is 30.3 Å². The highest BCUT2D eigenvalue weighted by Gasteiger charge is 2.58. The molecule has 5 nitrogen and oxygen atoms in total. The van der Waals surface area contributed by atoms with Gasteiger partial charge in [-0.3, -0.25) is 4.84 Å². The van der Waals surface area contributed by atoms with E-state index in [1.54, 1.807) is 5.06 Å². The molecule has 3 aliphatic rings. The van der Waals surface area contributed by atoms with Gasteiger partial charge in [-0.1, -0.05) is 44.2 Å². The molecule has 3 fully saturated rings. The molecule has 0 aromatic heterocycles. The second-order valence-corrected chi connectivity index (χ2v) is 5.93. The Labute approximate surface area is 131 Å². The number of ether oxygens (including phenoxy) is 1. The smallest absolute Gasteiger partial charge is 0.344 e. The maximum Gasteiger partial charge on any atom is 0.344 e. The zero-order valence-electron chi connectivity index (χ0n) is 13.3. The molecule has 1 aromatic carbocycles. The summed E-state index contributed by atoms with van der Waals surface area (Å²) in [5.74, 6) is 0. The van der Waals surface area contributed by atoms with Crippen molar-refractivity contribution < 1.29 is 14.4 Å². The van der Waals surface area contributed by atoms with Crippen LogP contribution in [0.25, 0.3) is 0 Å². The van der Waals surface area contributed by atoms with Crippen molar-refractivity contribution in [1.82, 2.24) is 9.96 Å². The van der Waals surface area contributed by atoms with Crippen molar-refractivity contribution in [3.8, 4) is 0 Å². The van der Waals surface area contributed by atoms with Crippen LogP contribution in [0.1, 0.15) is 25.8 Å². The van der Waals surface area contributed by atoms with Crippen LogP contribution in [-0.2, 0) is 16.2 Å². The highest BCUT2D eigenvalue weighted by atomic mass is 16.7. The van der Waals surface area contributed by atoms with Gasteiger partial charge < -0.3 is 9.64 Å². The van der Waals surface area contributed by atoms with E-state index in [-0.39, 0.29) is 17.5 Å². The van der Waals surface area contributed by atoms with Crippen LogP contribution in [0.3, 0.4) is 0 Å². The van der Waals surface area contributed by atoms with Crippen LogP contribution in [0.2, 0.25) is 0 Å². The second-order valence-electron chi connectivity index (χ2n) is 5.93. The maximum atomic E-state index is 12.3. The SMILES string of the molecule is CC.O=C1N2CCC3(COC3)[C@H](C2)N1OCc1ccccc1. The van der Waals surface area contributed by atoms with E-state index in [2.05, 4.69) is 0 Å². The first-order valence-electron chi connectivity index (χ1n) is 8.11. The summed E-state index contributed by atoms with van der Waals surface area (Å²) in [4.78, 5) is 20.0. The molecule has 5 heteroatoms. The van der Waals surface area contributed by atoms with E-state index in [0.29, 0.717) is 6.61 Å². The number of carbonyl (C=O) groups is 1. The minimum absolute atomic E-state index is 0.00899. The minimum Gasteiger partial charge on any atom is -0.380 e. The van der Waals surface area contributed by atoms with Gasteiger partial charge >= 0.3 is 6.03 Å². The van der Waals surface area contributed by atoms with Crippen molar-refractivity contribution in [2.24, 2.45) is 5.41 Å². The summed E-state index contributed by atoms with van der Waals surface area (Å²) < 4.78 is 5.40. The van der Waals surface area contributed by atoms with Gasteiger partial charge in [0.05, 0.1) is 19.3 Å². The molecule has 2 bridgehead atoms. The highest BCUT2D eigenvalue weighted by molar-refractivity contribution is 5.76. The van der Waals surface area contributed by atoms with Gasteiger partial charge in [0, 0.05) is 18.5 Å². The number of hydrogen-bond acceptors (Lipinski definition) is 3. The molecule has 4 rings (SSSR count). The lowest BCUT2D eigenvalue weighted by molar-refractivity contribution is -0.220. The Morgan fingerprint density at radius 1 is 1.27 bits per heavy atom. The summed E-state index contributed by atoms with van der Waals surface area (Å²) in [6.45, 7) is 7.54. The van der Waals surface area contributed by atoms with Gasteiger partial charge in [-0.15, -0.1) is 0 Å². The van der Waals surface area contributed by atoms with Crippen molar-refractivity contribution in [3.63, 3.8) is 0 Å². The minimum atomic E-state index is 0.00899. The molecule has 1 aromatic rings. The molecule has 3 aliphatic heterocycles. The van der Waals surface area contributed by atoms with Crippen molar-refractivity contribution in [1.29, 1.82) is 0 Å². The lowest BCUT2D eigenvalue weighted by Gasteiger charge is -2.48. The van der Waals surface area contributed by atoms with Gasteiger partial charge in [0.15, 0.2) is 0 Å². The fraction of sp³-hybridized carbons (Fsp3) is 0.588. The van der Waals surface area contributed by atoms with E-state index in [1.165, 1.54) is 0 Å². The van der Waals surface area contributed by atoms with Gasteiger partial charge in [-0.25, -0.2) is 4.79 Å². The Morgan fingerprint density at radius 3 is 2.64 bits per heavy atom. The predicted octanol–water partition coefficient (Wildman–Crippen LogP) is 2.67. The molecule has 0 aliphatic carbocycles. The average molecular weight is 304 g/mol. The average Bonchev–Trinajstić information content (AvgIpc) is 2.80. The Hall–Kier alpha value is -1.59. The monoisotopic (exact) mass is 304 g/mol. The van der Waals surface area contributed by atoms with Crippen molar-refractivity contribution in [2.75, 3.05) is 26.3 Å². The topological polar surface area (TPSA) is 42.0 Å². The molecular formula is C17H24N2O3. The van der Waals surface area contributed by atoms with Crippen LogP contribution >= 0.6 is 0 Å². The maximum absolute atomic E-state index is 12.3. The van der Waals surface area contributed by atoms with E-state index in [1.807, 2.05) is 49.1 Å². The van der Waals surface area contributed by atoms with E-state index < -0.39 is 0 Å². The Kier molecular flexibility index (Phi) is 4.36. The first kappa shape index (κ1) is 15.3. The summed E-state index contributed by atoms with van der Waals surface area (Å²) in [5.41, 5.74) is 1.20. The Balaban J connectivity index is 0.000000693. The zero-order chi connectivity index (χ0) is 15.6. The van der Waals surface area contributed by atoms with E-state index in [0.717, 1.165) is 38.3 Å². The summed E-state index contributed by atoms with van der Waals surface area (Å²) in [5, 5.41) is 1.60. The molecule has 0 radical (unpaired) electrons. The van der Waals surface area contributed by atoms with Gasteiger partial charge in [-0.05, 0) is 12.0 Å². The Bertz CT molecular complexity index is 516. The molecule has 0 saturated carbocycles. The number of fused-ring (bicyclic) bond motifs is 3. The molecule has 22 heavy (non-hydrogen) atoms. The third-order valence-electron chi connectivity index (χ3n) is 4.71. The van der Waals surface area contributed by atoms with E-state index >= 15 is 0 Å². The van der Waals surface area contributed by atoms with Crippen LogP contribution < -0.4 is 0 Å². The van der Waals surface area contributed by atoms with Crippen LogP contribution in [-0.4, -0.2) is 48.3 Å². The zero-order valence-corrected chi connectivity index (χ0v) is 13.3. The summed E-state index contributed by atoms with van der Waals surface area (Å²) in [7, 11) is 0. The fourth-order valence-corrected chi connectivity index (χ4v) is 3.35. The fourth-order valence-electron chi connectivity index (χ4n) is 3.35. The van der Waals surface area contributed by atoms with Crippen molar-refractivity contribution in [3.05, 3.63) is 35.9 Å². The number of hydrogen-bond donors (Lipinski definition) is 0. The van der Waals surface area contributed by atoms with Crippen LogP contribution in [0.5, 0.6) is 0 Å². The lowest BCUT2D eigenvalue weighted by atomic mass is 9.74. The lowest BCUT2D eigenvalue weighted by Crippen LogP contribution is -2.59. The quantitative estimate of drug-likeness (QED) is 0.862. The number of hydroxylamine groups is 2. The Morgan fingerprint density at radius 2 is 2.00 bits per heavy atom. The summed E-state index contributed by atoms with van der Waals surface area (Å²) in [6, 6.07) is 10.1. The largest absolute Gasteiger partial charge is 0.380 e. The highest BCUT2D eigenvalue weighted by Crippen LogP contribution is 2.45. The summed E-state index contributed by atoms with van der Waals surface area (Å²) >= 11 is 0. The molecule has 120 valence electrons. The second kappa shape index (κ2) is 6.26. The first-order chi connectivity index (χ1) is 10.8. The standard InChI is InChI=1S/C15H18N2O3.C2H6/c18-14-16-7-6-15(10-19-11-15)13(8-16)17(14)20-9-12-4-2-1-3-5-12;1-2/h1-5,13H,6-11H2;1-2H3/t13-;/m0./s1. The predicted molar refractivity (Wildman–Crippen MR) is 83.0 cm³/mol. The normalized spacial score (nSPS) is 24.8. The number of amides is 2.